The molecule has 1 heterocycles. The van der Waals surface area contributed by atoms with Crippen LogP contribution in [0.25, 0.3) is 0 Å². The van der Waals surface area contributed by atoms with Crippen molar-refractivity contribution in [3.8, 4) is 0 Å². The van der Waals surface area contributed by atoms with E-state index >= 15 is 0 Å². The minimum atomic E-state index is 0.892. The Labute approximate surface area is 120 Å². The molecular weight excluding hydrogens is 230 g/mol. The van der Waals surface area contributed by atoms with Crippen molar-refractivity contribution in [1.82, 2.24) is 0 Å². The van der Waals surface area contributed by atoms with Crippen LogP contribution in [0, 0.1) is 11.8 Å². The molecule has 1 aliphatic carbocycles. The largest absolute Gasteiger partial charge is 0.239 e. The second kappa shape index (κ2) is 8.07. The van der Waals surface area contributed by atoms with Crippen LogP contribution in [-0.2, 0) is 0 Å². The van der Waals surface area contributed by atoms with Crippen LogP contribution in [-0.4, -0.2) is 23.9 Å². The quantitative estimate of drug-likeness (QED) is 0.584. The fourth-order valence-corrected chi connectivity index (χ4v) is 4.15. The van der Waals surface area contributed by atoms with Crippen LogP contribution >= 0.6 is 0 Å². The summed E-state index contributed by atoms with van der Waals surface area (Å²) < 4.78 is 2.65. The number of rotatable bonds is 1. The van der Waals surface area contributed by atoms with Gasteiger partial charge in [-0.15, -0.1) is 0 Å². The van der Waals surface area contributed by atoms with Crippen LogP contribution in [0.2, 0.25) is 0 Å². The van der Waals surface area contributed by atoms with Crippen LogP contribution in [0.1, 0.15) is 84.0 Å². The third-order valence-corrected chi connectivity index (χ3v) is 5.46. The number of hydrogen-bond donors (Lipinski definition) is 0. The zero-order valence-corrected chi connectivity index (χ0v) is 13.3. The van der Waals surface area contributed by atoms with Gasteiger partial charge in [0.2, 0.25) is 0 Å². The normalized spacial score (nSPS) is 31.9. The van der Waals surface area contributed by atoms with Crippen molar-refractivity contribution in [3.63, 3.8) is 0 Å². The van der Waals surface area contributed by atoms with E-state index < -0.39 is 0 Å². The van der Waals surface area contributed by atoms with Crippen molar-refractivity contribution >= 4 is 5.71 Å². The molecule has 0 aromatic heterocycles. The lowest BCUT2D eigenvalue weighted by Gasteiger charge is -2.26. The highest BCUT2D eigenvalue weighted by atomic mass is 15.0. The number of nitrogens with zero attached hydrogens (tertiary/aromatic N) is 1. The van der Waals surface area contributed by atoms with E-state index in [1.54, 1.807) is 0 Å². The third kappa shape index (κ3) is 4.61. The fraction of sp³-hybridized carbons (Fsp3) is 0.944. The average molecular weight is 264 g/mol. The molecule has 2 unspecified atom stereocenters. The predicted octanol–water partition coefficient (Wildman–Crippen LogP) is 5.03. The lowest BCUT2D eigenvalue weighted by atomic mass is 9.78. The zero-order valence-electron chi connectivity index (χ0n) is 13.3. The second-order valence-corrected chi connectivity index (χ2v) is 7.01. The smallest absolute Gasteiger partial charge is 0.155 e. The summed E-state index contributed by atoms with van der Waals surface area (Å²) in [6, 6.07) is 0. The van der Waals surface area contributed by atoms with Gasteiger partial charge in [0.15, 0.2) is 5.71 Å². The van der Waals surface area contributed by atoms with Crippen LogP contribution in [0.5, 0.6) is 0 Å². The van der Waals surface area contributed by atoms with Gasteiger partial charge in [-0.05, 0) is 31.6 Å². The van der Waals surface area contributed by atoms with Crippen LogP contribution in [0.3, 0.4) is 0 Å². The maximum atomic E-state index is 2.65. The van der Waals surface area contributed by atoms with Gasteiger partial charge in [0.05, 0.1) is 0 Å². The highest BCUT2D eigenvalue weighted by molar-refractivity contribution is 5.82. The molecule has 0 saturated heterocycles. The van der Waals surface area contributed by atoms with Crippen molar-refractivity contribution in [1.29, 1.82) is 0 Å². The van der Waals surface area contributed by atoms with E-state index in [4.69, 9.17) is 0 Å². The summed E-state index contributed by atoms with van der Waals surface area (Å²) in [6.07, 6.45) is 17.4. The summed E-state index contributed by atoms with van der Waals surface area (Å²) >= 11 is 0. The van der Waals surface area contributed by atoms with Gasteiger partial charge >= 0.3 is 0 Å². The molecule has 19 heavy (non-hydrogen) atoms. The third-order valence-electron chi connectivity index (χ3n) is 5.46. The molecule has 1 saturated carbocycles. The Kier molecular flexibility index (Phi) is 6.40. The monoisotopic (exact) mass is 264 g/mol. The molecule has 1 heteroatoms. The zero-order chi connectivity index (χ0) is 13.5. The Morgan fingerprint density at radius 3 is 2.26 bits per heavy atom. The lowest BCUT2D eigenvalue weighted by Crippen LogP contribution is -2.31. The van der Waals surface area contributed by atoms with E-state index in [0.29, 0.717) is 0 Å². The molecule has 0 radical (unpaired) electrons. The molecule has 1 nitrogen and oxygen atoms in total. The molecule has 0 aromatic rings. The van der Waals surface area contributed by atoms with Gasteiger partial charge in [-0.25, -0.2) is 4.58 Å². The van der Waals surface area contributed by atoms with E-state index in [-0.39, 0.29) is 0 Å². The molecule has 1 fully saturated rings. The molecule has 2 rings (SSSR count). The predicted molar refractivity (Wildman–Crippen MR) is 84.1 cm³/mol. The fourth-order valence-electron chi connectivity index (χ4n) is 4.15. The summed E-state index contributed by atoms with van der Waals surface area (Å²) in [5.74, 6) is 1.81. The first kappa shape index (κ1) is 15.1. The highest BCUT2D eigenvalue weighted by Crippen LogP contribution is 2.30. The first-order valence-electron chi connectivity index (χ1n) is 8.86. The summed E-state index contributed by atoms with van der Waals surface area (Å²) in [6.45, 7) is 3.82. The highest BCUT2D eigenvalue weighted by Gasteiger charge is 2.29. The number of hydrogen-bond acceptors (Lipinski definition) is 0. The summed E-state index contributed by atoms with van der Waals surface area (Å²) in [7, 11) is 2.37. The molecule has 0 N–H and O–H groups in total. The van der Waals surface area contributed by atoms with Gasteiger partial charge in [-0.2, -0.15) is 0 Å². The van der Waals surface area contributed by atoms with Gasteiger partial charge in [0.1, 0.15) is 13.6 Å². The van der Waals surface area contributed by atoms with Crippen molar-refractivity contribution in [2.75, 3.05) is 13.6 Å². The Bertz CT molecular complexity index is 292. The average Bonchev–Trinajstić information content (AvgIpc) is 2.48. The van der Waals surface area contributed by atoms with Gasteiger partial charge in [-0.1, -0.05) is 45.4 Å². The van der Waals surface area contributed by atoms with Gasteiger partial charge < -0.3 is 0 Å². The lowest BCUT2D eigenvalue weighted by molar-refractivity contribution is -0.501. The molecule has 110 valence electrons. The van der Waals surface area contributed by atoms with Crippen LogP contribution in [0.15, 0.2) is 0 Å². The van der Waals surface area contributed by atoms with Crippen molar-refractivity contribution in [3.05, 3.63) is 0 Å². The molecule has 0 spiro atoms. The van der Waals surface area contributed by atoms with E-state index in [1.165, 1.54) is 83.6 Å². The first-order valence-corrected chi connectivity index (χ1v) is 8.86. The van der Waals surface area contributed by atoms with Gasteiger partial charge in [0, 0.05) is 18.8 Å². The molecule has 0 bridgehead atoms. The minimum absolute atomic E-state index is 0.892. The van der Waals surface area contributed by atoms with E-state index in [9.17, 15) is 0 Å². The molecular formula is C18H34N+. The van der Waals surface area contributed by atoms with E-state index in [0.717, 1.165) is 11.8 Å². The maximum Gasteiger partial charge on any atom is 0.155 e. The SMILES string of the molecule is CC1CCCCCCC1C1=[N+](C)CCCCCCC1. The molecule has 0 amide bonds. The van der Waals surface area contributed by atoms with E-state index in [1.807, 2.05) is 5.71 Å². The molecule has 2 aliphatic rings. The second-order valence-electron chi connectivity index (χ2n) is 7.01. The first-order chi connectivity index (χ1) is 9.29. The van der Waals surface area contributed by atoms with E-state index in [2.05, 4.69) is 18.5 Å². The molecule has 2 atom stereocenters. The Balaban J connectivity index is 2.10. The van der Waals surface area contributed by atoms with Crippen LogP contribution in [0.4, 0.5) is 0 Å². The van der Waals surface area contributed by atoms with Crippen molar-refractivity contribution in [2.24, 2.45) is 11.8 Å². The summed E-state index contributed by atoms with van der Waals surface area (Å²) in [4.78, 5) is 0. The summed E-state index contributed by atoms with van der Waals surface area (Å²) in [5, 5.41) is 0. The minimum Gasteiger partial charge on any atom is -0.239 e. The Morgan fingerprint density at radius 2 is 1.42 bits per heavy atom. The Hall–Kier alpha value is -0.330. The Morgan fingerprint density at radius 1 is 0.789 bits per heavy atom. The van der Waals surface area contributed by atoms with Gasteiger partial charge in [-0.3, -0.25) is 0 Å². The van der Waals surface area contributed by atoms with Crippen LogP contribution < -0.4 is 0 Å². The topological polar surface area (TPSA) is 3.01 Å². The maximum absolute atomic E-state index is 2.65. The van der Waals surface area contributed by atoms with Crippen molar-refractivity contribution < 1.29 is 4.58 Å². The van der Waals surface area contributed by atoms with Gasteiger partial charge in [0.25, 0.3) is 0 Å². The van der Waals surface area contributed by atoms with Crippen molar-refractivity contribution in [2.45, 2.75) is 84.0 Å². The summed E-state index contributed by atoms with van der Waals surface area (Å²) in [5.41, 5.74) is 1.82. The molecule has 0 aromatic carbocycles. The standard InChI is InChI=1S/C18H34N/c1-16-12-8-5-6-9-13-17(16)18-14-10-4-3-7-11-15-19(18)2/h16-17H,3-15H2,1-2H3/q+1. The molecule has 1 aliphatic heterocycles.